The average molecular weight is 588 g/mol. The number of alkyl halides is 3. The minimum atomic E-state index is -4.50. The summed E-state index contributed by atoms with van der Waals surface area (Å²) in [5.74, 6) is 1.49. The van der Waals surface area contributed by atoms with Crippen molar-refractivity contribution in [1.29, 1.82) is 0 Å². The topological polar surface area (TPSA) is 87.5 Å². The smallest absolute Gasteiger partial charge is 0.416 e. The number of hydrogen-bond acceptors (Lipinski definition) is 7. The number of imidazole rings is 1. The van der Waals surface area contributed by atoms with E-state index in [2.05, 4.69) is 37.4 Å². The maximum atomic E-state index is 13.2. The monoisotopic (exact) mass is 587 g/mol. The van der Waals surface area contributed by atoms with Crippen molar-refractivity contribution >= 4 is 46.0 Å². The summed E-state index contributed by atoms with van der Waals surface area (Å²) in [5.41, 5.74) is 0.555. The molecule has 1 fully saturated rings. The van der Waals surface area contributed by atoms with Gasteiger partial charge in [0.05, 0.1) is 33.9 Å². The number of carbonyl (C=O) groups is 1. The first kappa shape index (κ1) is 28.7. The zero-order valence-electron chi connectivity index (χ0n) is 22.5. The van der Waals surface area contributed by atoms with Crippen LogP contribution in [0, 0.1) is 0 Å². The van der Waals surface area contributed by atoms with Crippen molar-refractivity contribution in [2.24, 2.45) is 7.05 Å². The fraction of sp³-hybridized carbons (Fsp3) is 0.321. The SMILES string of the molecule is CN1CCCN(CC(=O)Nc2cc(Oc3ccc4c(c3)nc(Nc3cc(C(F)(F)F)ccc3Cl)n4C)ccn2)CC1. The van der Waals surface area contributed by atoms with Gasteiger partial charge in [-0.1, -0.05) is 11.6 Å². The average Bonchev–Trinajstić information content (AvgIpc) is 3.06. The van der Waals surface area contributed by atoms with E-state index in [1.54, 1.807) is 48.1 Å². The summed E-state index contributed by atoms with van der Waals surface area (Å²) in [5, 5.41) is 5.87. The second-order valence-corrected chi connectivity index (χ2v) is 10.3. The van der Waals surface area contributed by atoms with Crippen LogP contribution >= 0.6 is 11.6 Å². The molecule has 2 aromatic heterocycles. The number of pyridine rings is 1. The van der Waals surface area contributed by atoms with E-state index in [1.807, 2.05) is 0 Å². The number of nitrogens with one attached hydrogen (secondary N) is 2. The second-order valence-electron chi connectivity index (χ2n) is 9.92. The number of anilines is 3. The van der Waals surface area contributed by atoms with Crippen LogP contribution in [0.4, 0.5) is 30.6 Å². The summed E-state index contributed by atoms with van der Waals surface area (Å²) in [7, 11) is 3.82. The molecule has 0 radical (unpaired) electrons. The number of likely N-dealkylation sites (N-methyl/N-ethyl adjacent to an activating group) is 1. The van der Waals surface area contributed by atoms with Crippen LogP contribution < -0.4 is 15.4 Å². The molecular weight excluding hydrogens is 559 g/mol. The summed E-state index contributed by atoms with van der Waals surface area (Å²) in [6.45, 7) is 3.94. The molecule has 9 nitrogen and oxygen atoms in total. The van der Waals surface area contributed by atoms with Crippen molar-refractivity contribution in [3.8, 4) is 11.5 Å². The van der Waals surface area contributed by atoms with Crippen LogP contribution in [0.5, 0.6) is 11.5 Å². The van der Waals surface area contributed by atoms with Crippen LogP contribution in [-0.2, 0) is 18.0 Å². The molecule has 0 atom stereocenters. The van der Waals surface area contributed by atoms with E-state index in [0.29, 0.717) is 35.3 Å². The van der Waals surface area contributed by atoms with Crippen LogP contribution in [-0.4, -0.2) is 70.0 Å². The van der Waals surface area contributed by atoms with Gasteiger partial charge in [0.1, 0.15) is 17.3 Å². The highest BCUT2D eigenvalue weighted by molar-refractivity contribution is 6.33. The number of carbonyl (C=O) groups excluding carboxylic acids is 1. The predicted molar refractivity (Wildman–Crippen MR) is 152 cm³/mol. The maximum Gasteiger partial charge on any atom is 0.416 e. The first-order valence-corrected chi connectivity index (χ1v) is 13.4. The van der Waals surface area contributed by atoms with E-state index in [9.17, 15) is 18.0 Å². The number of amides is 1. The van der Waals surface area contributed by atoms with Gasteiger partial charge >= 0.3 is 6.18 Å². The van der Waals surface area contributed by atoms with E-state index in [0.717, 1.165) is 50.2 Å². The first-order chi connectivity index (χ1) is 19.5. The Balaban J connectivity index is 1.27. The van der Waals surface area contributed by atoms with Gasteiger partial charge in [0.2, 0.25) is 11.9 Å². The number of aryl methyl sites for hydroxylation is 1. The number of aromatic nitrogens is 3. The Morgan fingerprint density at radius 3 is 2.63 bits per heavy atom. The number of nitrogens with zero attached hydrogens (tertiary/aromatic N) is 5. The molecule has 1 saturated heterocycles. The van der Waals surface area contributed by atoms with Gasteiger partial charge in [-0.3, -0.25) is 9.69 Å². The lowest BCUT2D eigenvalue weighted by Gasteiger charge is -2.19. The van der Waals surface area contributed by atoms with Crippen LogP contribution in [0.3, 0.4) is 0 Å². The summed E-state index contributed by atoms with van der Waals surface area (Å²) in [6, 6.07) is 11.6. The van der Waals surface area contributed by atoms with Crippen molar-refractivity contribution in [3.05, 3.63) is 65.3 Å². The Kier molecular flexibility index (Phi) is 8.34. The molecule has 2 N–H and O–H groups in total. The molecule has 2 aromatic carbocycles. The minimum absolute atomic E-state index is 0.0888. The molecule has 1 aliphatic rings. The highest BCUT2D eigenvalue weighted by Crippen LogP contribution is 2.35. The summed E-state index contributed by atoms with van der Waals surface area (Å²) in [6.07, 6.45) is -1.94. The summed E-state index contributed by atoms with van der Waals surface area (Å²) in [4.78, 5) is 25.8. The number of benzene rings is 2. The van der Waals surface area contributed by atoms with Crippen molar-refractivity contribution in [1.82, 2.24) is 24.3 Å². The van der Waals surface area contributed by atoms with Crippen LogP contribution in [0.25, 0.3) is 11.0 Å². The van der Waals surface area contributed by atoms with Crippen LogP contribution in [0.15, 0.2) is 54.7 Å². The van der Waals surface area contributed by atoms with Crippen molar-refractivity contribution in [2.45, 2.75) is 12.6 Å². The summed E-state index contributed by atoms with van der Waals surface area (Å²) < 4.78 is 47.3. The lowest BCUT2D eigenvalue weighted by molar-refractivity contribution is -0.137. The zero-order valence-corrected chi connectivity index (χ0v) is 23.3. The van der Waals surface area contributed by atoms with E-state index in [4.69, 9.17) is 16.3 Å². The quantitative estimate of drug-likeness (QED) is 0.285. The molecule has 3 heterocycles. The minimum Gasteiger partial charge on any atom is -0.457 e. The Morgan fingerprint density at radius 1 is 1.02 bits per heavy atom. The Bertz CT molecular complexity index is 1560. The van der Waals surface area contributed by atoms with Crippen molar-refractivity contribution in [2.75, 3.05) is 50.4 Å². The van der Waals surface area contributed by atoms with Gasteiger partial charge in [-0.2, -0.15) is 13.2 Å². The Morgan fingerprint density at radius 2 is 1.83 bits per heavy atom. The van der Waals surface area contributed by atoms with E-state index in [1.165, 1.54) is 6.07 Å². The summed E-state index contributed by atoms with van der Waals surface area (Å²) >= 11 is 6.15. The molecule has 1 amide bonds. The van der Waals surface area contributed by atoms with Crippen molar-refractivity contribution in [3.63, 3.8) is 0 Å². The van der Waals surface area contributed by atoms with Gasteiger partial charge in [-0.05, 0) is 63.0 Å². The molecule has 13 heteroatoms. The molecule has 0 bridgehead atoms. The molecule has 41 heavy (non-hydrogen) atoms. The predicted octanol–water partition coefficient (Wildman–Crippen LogP) is 5.75. The lowest BCUT2D eigenvalue weighted by atomic mass is 10.2. The number of ether oxygens (including phenoxy) is 1. The Hall–Kier alpha value is -3.87. The van der Waals surface area contributed by atoms with Gasteiger partial charge in [0.15, 0.2) is 0 Å². The van der Waals surface area contributed by atoms with Gasteiger partial charge in [-0.25, -0.2) is 9.97 Å². The van der Waals surface area contributed by atoms with Crippen LogP contribution in [0.1, 0.15) is 12.0 Å². The molecule has 0 unspecified atom stereocenters. The third-order valence-electron chi connectivity index (χ3n) is 6.81. The zero-order chi connectivity index (χ0) is 29.1. The third kappa shape index (κ3) is 7.07. The number of fused-ring (bicyclic) bond motifs is 1. The van der Waals surface area contributed by atoms with E-state index >= 15 is 0 Å². The van der Waals surface area contributed by atoms with E-state index in [-0.39, 0.29) is 16.6 Å². The fourth-order valence-corrected chi connectivity index (χ4v) is 4.76. The molecule has 216 valence electrons. The van der Waals surface area contributed by atoms with Gasteiger partial charge in [-0.15, -0.1) is 0 Å². The van der Waals surface area contributed by atoms with Gasteiger partial charge in [0.25, 0.3) is 0 Å². The Labute approximate surface area is 239 Å². The number of hydrogen-bond donors (Lipinski definition) is 2. The number of rotatable bonds is 7. The molecule has 0 spiro atoms. The first-order valence-electron chi connectivity index (χ1n) is 13.0. The molecule has 0 saturated carbocycles. The normalized spacial score (nSPS) is 15.1. The highest BCUT2D eigenvalue weighted by atomic mass is 35.5. The van der Waals surface area contributed by atoms with Gasteiger partial charge in [0, 0.05) is 38.5 Å². The molecule has 0 aliphatic carbocycles. The highest BCUT2D eigenvalue weighted by Gasteiger charge is 2.31. The fourth-order valence-electron chi connectivity index (χ4n) is 4.60. The lowest BCUT2D eigenvalue weighted by Crippen LogP contribution is -2.36. The largest absolute Gasteiger partial charge is 0.457 e. The molecular formula is C28H29ClF3N7O2. The van der Waals surface area contributed by atoms with Crippen LogP contribution in [0.2, 0.25) is 5.02 Å². The second kappa shape index (κ2) is 11.9. The molecule has 4 aromatic rings. The third-order valence-corrected chi connectivity index (χ3v) is 7.14. The maximum absolute atomic E-state index is 13.2. The van der Waals surface area contributed by atoms with E-state index < -0.39 is 11.7 Å². The van der Waals surface area contributed by atoms with Crippen molar-refractivity contribution < 1.29 is 22.7 Å². The molecule has 1 aliphatic heterocycles. The van der Waals surface area contributed by atoms with Gasteiger partial charge < -0.3 is 24.8 Å². The molecule has 5 rings (SSSR count). The standard InChI is InChI=1S/C28H29ClF3N7O2/c1-37-10-3-11-39(13-12-37)17-26(40)36-25-16-20(8-9-33-25)41-19-5-7-24-23(15-19)35-27(38(24)2)34-22-14-18(28(30,31)32)4-6-21(22)29/h4-9,14-16H,3,10-13,17H2,1-2H3,(H,34,35)(H,33,36,40). The number of halogens is 4.